The molecule has 0 N–H and O–H groups in total. The second-order valence-corrected chi connectivity index (χ2v) is 7.07. The SMILES string of the molecule is COC(CN(C)Cc1ccc(-c2ccccc2C(F)(F)F)cc1)c1ccccc1. The minimum absolute atomic E-state index is 0.0425. The number of benzene rings is 3. The molecular weight excluding hydrogens is 375 g/mol. The van der Waals surface area contributed by atoms with E-state index in [4.69, 9.17) is 4.74 Å². The van der Waals surface area contributed by atoms with E-state index in [1.165, 1.54) is 12.1 Å². The fourth-order valence-corrected chi connectivity index (χ4v) is 3.41. The highest BCUT2D eigenvalue weighted by Gasteiger charge is 2.33. The van der Waals surface area contributed by atoms with Crippen LogP contribution in [-0.4, -0.2) is 25.6 Å². The maximum Gasteiger partial charge on any atom is 0.417 e. The molecule has 0 amide bonds. The van der Waals surface area contributed by atoms with Crippen LogP contribution in [-0.2, 0) is 17.5 Å². The van der Waals surface area contributed by atoms with Crippen LogP contribution in [0.15, 0.2) is 78.9 Å². The first-order chi connectivity index (χ1) is 13.9. The van der Waals surface area contributed by atoms with Gasteiger partial charge in [0.25, 0.3) is 0 Å². The van der Waals surface area contributed by atoms with Crippen LogP contribution < -0.4 is 0 Å². The molecule has 3 aromatic rings. The van der Waals surface area contributed by atoms with Gasteiger partial charge in [0.05, 0.1) is 11.7 Å². The van der Waals surface area contributed by atoms with Crippen LogP contribution in [0, 0.1) is 0 Å². The molecule has 1 atom stereocenters. The van der Waals surface area contributed by atoms with Crippen LogP contribution in [0.25, 0.3) is 11.1 Å². The zero-order valence-electron chi connectivity index (χ0n) is 16.5. The van der Waals surface area contributed by atoms with Crippen molar-refractivity contribution in [1.82, 2.24) is 4.90 Å². The summed E-state index contributed by atoms with van der Waals surface area (Å²) in [6.07, 6.45) is -4.42. The molecule has 152 valence electrons. The van der Waals surface area contributed by atoms with Gasteiger partial charge < -0.3 is 4.74 Å². The predicted molar refractivity (Wildman–Crippen MR) is 109 cm³/mol. The van der Waals surface area contributed by atoms with E-state index in [2.05, 4.69) is 4.90 Å². The van der Waals surface area contributed by atoms with Gasteiger partial charge in [-0.2, -0.15) is 13.2 Å². The van der Waals surface area contributed by atoms with Crippen molar-refractivity contribution in [2.45, 2.75) is 18.8 Å². The van der Waals surface area contributed by atoms with E-state index in [0.717, 1.165) is 17.2 Å². The van der Waals surface area contributed by atoms with Crippen molar-refractivity contribution < 1.29 is 17.9 Å². The molecule has 3 aromatic carbocycles. The maximum absolute atomic E-state index is 13.3. The molecule has 0 heterocycles. The molecule has 2 nitrogen and oxygen atoms in total. The zero-order valence-corrected chi connectivity index (χ0v) is 16.5. The van der Waals surface area contributed by atoms with Crippen molar-refractivity contribution in [2.24, 2.45) is 0 Å². The molecular formula is C24H24F3NO. The van der Waals surface area contributed by atoms with Gasteiger partial charge in [-0.1, -0.05) is 72.8 Å². The van der Waals surface area contributed by atoms with E-state index in [1.807, 2.05) is 49.5 Å². The fourth-order valence-electron chi connectivity index (χ4n) is 3.41. The number of halogens is 3. The van der Waals surface area contributed by atoms with Crippen LogP contribution >= 0.6 is 0 Å². The molecule has 0 saturated heterocycles. The number of hydrogen-bond donors (Lipinski definition) is 0. The minimum Gasteiger partial charge on any atom is -0.375 e. The average molecular weight is 399 g/mol. The second-order valence-electron chi connectivity index (χ2n) is 7.07. The number of alkyl halides is 3. The quantitative estimate of drug-likeness (QED) is 0.470. The summed E-state index contributed by atoms with van der Waals surface area (Å²) in [5.41, 5.74) is 2.28. The Hall–Kier alpha value is -2.63. The average Bonchev–Trinajstić information content (AvgIpc) is 2.72. The third-order valence-electron chi connectivity index (χ3n) is 4.88. The zero-order chi connectivity index (χ0) is 20.9. The first kappa shape index (κ1) is 21.1. The molecule has 3 rings (SSSR count). The van der Waals surface area contributed by atoms with Crippen LogP contribution in [0.3, 0.4) is 0 Å². The highest BCUT2D eigenvalue weighted by molar-refractivity contribution is 5.68. The molecule has 0 bridgehead atoms. The third kappa shape index (κ3) is 5.46. The maximum atomic E-state index is 13.3. The predicted octanol–water partition coefficient (Wildman–Crippen LogP) is 6.19. The van der Waals surface area contributed by atoms with Crippen molar-refractivity contribution >= 4 is 0 Å². The van der Waals surface area contributed by atoms with E-state index in [0.29, 0.717) is 18.7 Å². The second kappa shape index (κ2) is 9.25. The topological polar surface area (TPSA) is 12.5 Å². The van der Waals surface area contributed by atoms with Crippen molar-refractivity contribution in [1.29, 1.82) is 0 Å². The van der Waals surface area contributed by atoms with Gasteiger partial charge in [-0.3, -0.25) is 4.90 Å². The Morgan fingerprint density at radius 1 is 0.862 bits per heavy atom. The number of rotatable bonds is 7. The Balaban J connectivity index is 1.70. The van der Waals surface area contributed by atoms with Crippen LogP contribution in [0.1, 0.15) is 22.8 Å². The van der Waals surface area contributed by atoms with E-state index in [9.17, 15) is 13.2 Å². The smallest absolute Gasteiger partial charge is 0.375 e. The van der Waals surface area contributed by atoms with Crippen LogP contribution in [0.2, 0.25) is 0 Å². The van der Waals surface area contributed by atoms with Crippen LogP contribution in [0.4, 0.5) is 13.2 Å². The Bertz CT molecular complexity index is 907. The fraction of sp³-hybridized carbons (Fsp3) is 0.250. The number of likely N-dealkylation sites (N-methyl/N-ethyl adjacent to an activating group) is 1. The van der Waals surface area contributed by atoms with Gasteiger partial charge in [0.2, 0.25) is 0 Å². The standard InChI is InChI=1S/C24H24F3NO/c1-28(17-23(29-2)20-8-4-3-5-9-20)16-18-12-14-19(15-13-18)21-10-6-7-11-22(21)24(25,26)27/h3-15,23H,16-17H2,1-2H3. The molecule has 0 aliphatic rings. The summed E-state index contributed by atoms with van der Waals surface area (Å²) in [5.74, 6) is 0. The molecule has 0 aliphatic carbocycles. The number of ether oxygens (including phenoxy) is 1. The molecule has 0 aliphatic heterocycles. The normalized spacial score (nSPS) is 12.9. The van der Waals surface area contributed by atoms with E-state index < -0.39 is 11.7 Å². The van der Waals surface area contributed by atoms with Crippen LogP contribution in [0.5, 0.6) is 0 Å². The number of hydrogen-bond acceptors (Lipinski definition) is 2. The first-order valence-corrected chi connectivity index (χ1v) is 9.40. The molecule has 0 saturated carbocycles. The monoisotopic (exact) mass is 399 g/mol. The Morgan fingerprint density at radius 2 is 1.48 bits per heavy atom. The summed E-state index contributed by atoms with van der Waals surface area (Å²) in [6, 6.07) is 22.9. The van der Waals surface area contributed by atoms with Gasteiger partial charge in [-0.05, 0) is 35.4 Å². The summed E-state index contributed by atoms with van der Waals surface area (Å²) >= 11 is 0. The summed E-state index contributed by atoms with van der Waals surface area (Å²) in [6.45, 7) is 1.38. The number of methoxy groups -OCH3 is 1. The molecule has 5 heteroatoms. The summed E-state index contributed by atoms with van der Waals surface area (Å²) in [5, 5.41) is 0. The largest absolute Gasteiger partial charge is 0.417 e. The lowest BCUT2D eigenvalue weighted by atomic mass is 9.98. The van der Waals surface area contributed by atoms with Gasteiger partial charge in [0.15, 0.2) is 0 Å². The lowest BCUT2D eigenvalue weighted by Gasteiger charge is -2.23. The lowest BCUT2D eigenvalue weighted by Crippen LogP contribution is -2.25. The van der Waals surface area contributed by atoms with E-state index >= 15 is 0 Å². The molecule has 0 fully saturated rings. The highest BCUT2D eigenvalue weighted by atomic mass is 19.4. The third-order valence-corrected chi connectivity index (χ3v) is 4.88. The first-order valence-electron chi connectivity index (χ1n) is 9.40. The van der Waals surface area contributed by atoms with Crippen molar-refractivity contribution in [3.63, 3.8) is 0 Å². The lowest BCUT2D eigenvalue weighted by molar-refractivity contribution is -0.137. The Morgan fingerprint density at radius 3 is 2.10 bits per heavy atom. The highest BCUT2D eigenvalue weighted by Crippen LogP contribution is 2.36. The summed E-state index contributed by atoms with van der Waals surface area (Å²) < 4.78 is 45.4. The molecule has 1 unspecified atom stereocenters. The minimum atomic E-state index is -4.37. The van der Waals surface area contributed by atoms with Gasteiger partial charge in [0, 0.05) is 20.2 Å². The molecule has 0 spiro atoms. The molecule has 29 heavy (non-hydrogen) atoms. The Labute approximate surface area is 169 Å². The van der Waals surface area contributed by atoms with E-state index in [1.54, 1.807) is 25.3 Å². The Kier molecular flexibility index (Phi) is 6.72. The van der Waals surface area contributed by atoms with Gasteiger partial charge in [-0.25, -0.2) is 0 Å². The van der Waals surface area contributed by atoms with Gasteiger partial charge in [0.1, 0.15) is 0 Å². The molecule has 0 aromatic heterocycles. The van der Waals surface area contributed by atoms with Gasteiger partial charge in [-0.15, -0.1) is 0 Å². The number of nitrogens with zero attached hydrogens (tertiary/aromatic N) is 1. The van der Waals surface area contributed by atoms with Crippen molar-refractivity contribution in [2.75, 3.05) is 20.7 Å². The van der Waals surface area contributed by atoms with Crippen molar-refractivity contribution in [3.8, 4) is 11.1 Å². The van der Waals surface area contributed by atoms with Crippen molar-refractivity contribution in [3.05, 3.63) is 95.6 Å². The summed E-state index contributed by atoms with van der Waals surface area (Å²) in [7, 11) is 3.69. The summed E-state index contributed by atoms with van der Waals surface area (Å²) in [4.78, 5) is 2.14. The van der Waals surface area contributed by atoms with E-state index in [-0.39, 0.29) is 11.7 Å². The molecule has 0 radical (unpaired) electrons. The van der Waals surface area contributed by atoms with Gasteiger partial charge >= 0.3 is 6.18 Å².